The second kappa shape index (κ2) is 12.7. The third-order valence-corrected chi connectivity index (χ3v) is 11.2. The Bertz CT molecular complexity index is 2430. The summed E-state index contributed by atoms with van der Waals surface area (Å²) in [5, 5.41) is 0. The normalized spacial score (nSPS) is 14.6. The van der Waals surface area contributed by atoms with Crippen LogP contribution in [-0.4, -0.2) is 0 Å². The first kappa shape index (κ1) is 32.0. The molecule has 0 heterocycles. The van der Waals surface area contributed by atoms with E-state index in [1.165, 1.54) is 83.5 Å². The fourth-order valence-electron chi connectivity index (χ4n) is 8.70. The van der Waals surface area contributed by atoms with Gasteiger partial charge in [0, 0.05) is 0 Å². The van der Waals surface area contributed by atoms with Gasteiger partial charge >= 0.3 is 0 Å². The highest BCUT2D eigenvalue weighted by Crippen LogP contribution is 2.61. The highest BCUT2D eigenvalue weighted by Gasteiger charge is 2.49. The van der Waals surface area contributed by atoms with E-state index in [1.807, 2.05) is 0 Å². The third kappa shape index (κ3) is 5.21. The van der Waals surface area contributed by atoms with Gasteiger partial charge in [-0.1, -0.05) is 209 Å². The summed E-state index contributed by atoms with van der Waals surface area (Å²) in [6, 6.07) is 67.5. The van der Waals surface area contributed by atoms with Gasteiger partial charge in [0.2, 0.25) is 0 Å². The van der Waals surface area contributed by atoms with Gasteiger partial charge in [0.1, 0.15) is 0 Å². The molecule has 0 aliphatic heterocycles. The molecule has 52 heavy (non-hydrogen) atoms. The molecule has 7 aromatic rings. The van der Waals surface area contributed by atoms with E-state index in [4.69, 9.17) is 0 Å². The quantitative estimate of drug-likeness (QED) is 0.171. The van der Waals surface area contributed by atoms with Crippen molar-refractivity contribution >= 4 is 22.8 Å². The maximum absolute atomic E-state index is 2.52. The molecule has 0 nitrogen and oxygen atoms in total. The van der Waals surface area contributed by atoms with Crippen LogP contribution in [0, 0.1) is 0 Å². The van der Waals surface area contributed by atoms with Gasteiger partial charge in [-0.25, -0.2) is 0 Å². The molecule has 0 saturated carbocycles. The molecule has 250 valence electrons. The standard InChI is InChI=1S/C52H42/c1-51(2,3)43-31-32-47-48-34-40(36-27-29-38(30-28-36)45-25-16-15-24-44(45)37-17-7-4-8-18-37)33-39-19-13-14-26-46(39)50(48)52(49(47)35-43,41-20-9-5-10-21-41)42-22-11-6-12-23-42/h4-33,35H,34H2,1-3H3. The van der Waals surface area contributed by atoms with Crippen LogP contribution < -0.4 is 0 Å². The predicted molar refractivity (Wildman–Crippen MR) is 221 cm³/mol. The summed E-state index contributed by atoms with van der Waals surface area (Å²) < 4.78 is 0. The molecular weight excluding hydrogens is 625 g/mol. The number of hydrogen-bond donors (Lipinski definition) is 0. The van der Waals surface area contributed by atoms with Crippen LogP contribution in [0.1, 0.15) is 71.7 Å². The Balaban J connectivity index is 1.25. The lowest BCUT2D eigenvalue weighted by Gasteiger charge is -2.37. The van der Waals surface area contributed by atoms with E-state index in [1.54, 1.807) is 0 Å². The van der Waals surface area contributed by atoms with E-state index in [2.05, 4.69) is 209 Å². The molecule has 0 N–H and O–H groups in total. The Kier molecular flexibility index (Phi) is 7.78. The van der Waals surface area contributed by atoms with Gasteiger partial charge in [0.05, 0.1) is 5.41 Å². The van der Waals surface area contributed by atoms with Crippen molar-refractivity contribution in [2.75, 3.05) is 0 Å². The smallest absolute Gasteiger partial charge is 0.0622 e. The summed E-state index contributed by atoms with van der Waals surface area (Å²) in [5.74, 6) is 0. The van der Waals surface area contributed by atoms with Crippen LogP contribution in [0.15, 0.2) is 182 Å². The zero-order valence-corrected chi connectivity index (χ0v) is 30.1. The van der Waals surface area contributed by atoms with Gasteiger partial charge in [-0.2, -0.15) is 0 Å². The molecule has 2 aliphatic rings. The first-order valence-electron chi connectivity index (χ1n) is 18.5. The van der Waals surface area contributed by atoms with Gasteiger partial charge in [0.25, 0.3) is 0 Å². The van der Waals surface area contributed by atoms with Crippen LogP contribution in [0.5, 0.6) is 0 Å². The molecule has 0 amide bonds. The van der Waals surface area contributed by atoms with Gasteiger partial charge in [-0.3, -0.25) is 0 Å². The summed E-state index contributed by atoms with van der Waals surface area (Å²) in [7, 11) is 0. The lowest BCUT2D eigenvalue weighted by atomic mass is 9.64. The van der Waals surface area contributed by atoms with Crippen molar-refractivity contribution in [3.05, 3.63) is 226 Å². The summed E-state index contributed by atoms with van der Waals surface area (Å²) in [4.78, 5) is 0. The van der Waals surface area contributed by atoms with Crippen LogP contribution in [0.2, 0.25) is 0 Å². The van der Waals surface area contributed by atoms with Crippen molar-refractivity contribution in [3.8, 4) is 22.3 Å². The van der Waals surface area contributed by atoms with Crippen molar-refractivity contribution in [1.82, 2.24) is 0 Å². The average molecular weight is 667 g/mol. The molecule has 0 aromatic heterocycles. The van der Waals surface area contributed by atoms with E-state index >= 15 is 0 Å². The highest BCUT2D eigenvalue weighted by atomic mass is 14.5. The fourth-order valence-corrected chi connectivity index (χ4v) is 8.70. The zero-order chi connectivity index (χ0) is 35.3. The molecule has 7 aromatic carbocycles. The number of fused-ring (bicyclic) bond motifs is 4. The Hall–Kier alpha value is -5.98. The first-order chi connectivity index (χ1) is 25.4. The topological polar surface area (TPSA) is 0 Å². The van der Waals surface area contributed by atoms with Crippen LogP contribution in [-0.2, 0) is 10.8 Å². The highest BCUT2D eigenvalue weighted by molar-refractivity contribution is 6.12. The van der Waals surface area contributed by atoms with E-state index < -0.39 is 5.41 Å². The van der Waals surface area contributed by atoms with Crippen LogP contribution in [0.25, 0.3) is 45.0 Å². The van der Waals surface area contributed by atoms with Gasteiger partial charge < -0.3 is 0 Å². The number of benzene rings is 7. The first-order valence-corrected chi connectivity index (χ1v) is 18.5. The molecule has 0 bridgehead atoms. The molecule has 0 saturated heterocycles. The second-order valence-corrected chi connectivity index (χ2v) is 15.3. The van der Waals surface area contributed by atoms with Crippen molar-refractivity contribution in [1.29, 1.82) is 0 Å². The molecule has 2 aliphatic carbocycles. The summed E-state index contributed by atoms with van der Waals surface area (Å²) in [6.07, 6.45) is 3.29. The minimum atomic E-state index is -0.473. The molecule has 0 heteroatoms. The largest absolute Gasteiger partial charge is 0.0716 e. The zero-order valence-electron chi connectivity index (χ0n) is 30.1. The molecule has 0 radical (unpaired) electrons. The van der Waals surface area contributed by atoms with Crippen molar-refractivity contribution in [2.45, 2.75) is 38.0 Å². The maximum atomic E-state index is 2.52. The Morgan fingerprint density at radius 1 is 0.442 bits per heavy atom. The monoisotopic (exact) mass is 666 g/mol. The fraction of sp³-hybridized carbons (Fsp3) is 0.115. The van der Waals surface area contributed by atoms with Crippen molar-refractivity contribution in [2.24, 2.45) is 0 Å². The van der Waals surface area contributed by atoms with E-state index in [9.17, 15) is 0 Å². The lowest BCUT2D eigenvalue weighted by molar-refractivity contribution is 0.588. The lowest BCUT2D eigenvalue weighted by Crippen LogP contribution is -2.30. The molecule has 0 atom stereocenters. The van der Waals surface area contributed by atoms with E-state index in [0.717, 1.165) is 6.42 Å². The van der Waals surface area contributed by atoms with Crippen LogP contribution >= 0.6 is 0 Å². The molecule has 0 spiro atoms. The molecule has 9 rings (SSSR count). The average Bonchev–Trinajstić information content (AvgIpc) is 3.36. The minimum Gasteiger partial charge on any atom is -0.0622 e. The Morgan fingerprint density at radius 3 is 1.54 bits per heavy atom. The number of hydrogen-bond acceptors (Lipinski definition) is 0. The third-order valence-electron chi connectivity index (χ3n) is 11.2. The van der Waals surface area contributed by atoms with E-state index in [-0.39, 0.29) is 5.41 Å². The Labute approximate surface area is 308 Å². The number of allylic oxidation sites excluding steroid dienone is 3. The summed E-state index contributed by atoms with van der Waals surface area (Å²) in [5.41, 5.74) is 19.2. The van der Waals surface area contributed by atoms with Crippen LogP contribution in [0.4, 0.5) is 0 Å². The SMILES string of the molecule is CC(C)(C)c1ccc2c(c1)C(c1ccccc1)(c1ccccc1)C1=C2CC(c2ccc(-c3ccccc3-c3ccccc3)cc2)=Cc2ccccc21. The molecule has 0 fully saturated rings. The van der Waals surface area contributed by atoms with E-state index in [0.29, 0.717) is 0 Å². The Morgan fingerprint density at radius 2 is 0.942 bits per heavy atom. The summed E-state index contributed by atoms with van der Waals surface area (Å²) in [6.45, 7) is 6.98. The van der Waals surface area contributed by atoms with Gasteiger partial charge in [-0.05, 0) is 95.3 Å². The van der Waals surface area contributed by atoms with Gasteiger partial charge in [-0.15, -0.1) is 0 Å². The molecular formula is C52H42. The van der Waals surface area contributed by atoms with Gasteiger partial charge in [0.15, 0.2) is 0 Å². The minimum absolute atomic E-state index is 0.0119. The maximum Gasteiger partial charge on any atom is 0.0716 e. The molecule has 0 unspecified atom stereocenters. The number of rotatable bonds is 5. The van der Waals surface area contributed by atoms with Crippen molar-refractivity contribution < 1.29 is 0 Å². The second-order valence-electron chi connectivity index (χ2n) is 15.3. The predicted octanol–water partition coefficient (Wildman–Crippen LogP) is 13.5. The van der Waals surface area contributed by atoms with Crippen LogP contribution in [0.3, 0.4) is 0 Å². The summed E-state index contributed by atoms with van der Waals surface area (Å²) >= 11 is 0. The van der Waals surface area contributed by atoms with Crippen molar-refractivity contribution in [3.63, 3.8) is 0 Å².